The number of nitrogens with zero attached hydrogens (tertiary/aromatic N) is 1. The third-order valence-electron chi connectivity index (χ3n) is 10.2. The van der Waals surface area contributed by atoms with Crippen LogP contribution in [0.3, 0.4) is 0 Å². The molecule has 0 fully saturated rings. The summed E-state index contributed by atoms with van der Waals surface area (Å²) in [5, 5.41) is 9.12. The van der Waals surface area contributed by atoms with E-state index in [0.717, 1.165) is 73.6 Å². The van der Waals surface area contributed by atoms with Gasteiger partial charge in [-0.05, 0) is 103 Å². The van der Waals surface area contributed by atoms with E-state index in [1.54, 1.807) is 5.48 Å². The van der Waals surface area contributed by atoms with Crippen LogP contribution in [0.25, 0.3) is 0 Å². The molecule has 0 spiro atoms. The summed E-state index contributed by atoms with van der Waals surface area (Å²) >= 11 is 0. The van der Waals surface area contributed by atoms with Crippen molar-refractivity contribution in [3.05, 3.63) is 209 Å². The van der Waals surface area contributed by atoms with E-state index >= 15 is 0 Å². The lowest BCUT2D eigenvalue weighted by Crippen LogP contribution is -2.29. The Morgan fingerprint density at radius 3 is 1.49 bits per heavy atom. The monoisotopic (exact) mass is 790 g/mol. The molecule has 0 aliphatic rings. The molecule has 0 saturated heterocycles. The first-order valence-electron chi connectivity index (χ1n) is 20.5. The number of nitrogens with one attached hydrogen (secondary N) is 2. The predicted molar refractivity (Wildman–Crippen MR) is 231 cm³/mol. The average Bonchev–Trinajstić information content (AvgIpc) is 3.27. The Hall–Kier alpha value is -6.38. The minimum absolute atomic E-state index is 0.177. The normalized spacial score (nSPS) is 11.1. The average molecular weight is 791 g/mol. The van der Waals surface area contributed by atoms with E-state index in [-0.39, 0.29) is 18.7 Å². The van der Waals surface area contributed by atoms with Crippen LogP contribution in [0, 0.1) is 0 Å². The Balaban J connectivity index is 0.000000227. The van der Waals surface area contributed by atoms with E-state index in [1.165, 1.54) is 22.3 Å². The number of hydrogen-bond acceptors (Lipinski definition) is 5. The van der Waals surface area contributed by atoms with Crippen LogP contribution in [0.2, 0.25) is 0 Å². The first-order chi connectivity index (χ1) is 28.9. The van der Waals surface area contributed by atoms with Crippen LogP contribution in [0.4, 0.5) is 0 Å². The fraction of sp³-hybridized carbons (Fsp3) is 0.255. The second-order valence-corrected chi connectivity index (χ2v) is 14.8. The highest BCUT2D eigenvalue weighted by molar-refractivity contribution is 5.86. The molecule has 304 valence electrons. The molecule has 0 aliphatic heterocycles. The van der Waals surface area contributed by atoms with Crippen molar-refractivity contribution in [1.82, 2.24) is 11.0 Å². The number of amides is 2. The summed E-state index contributed by atoms with van der Waals surface area (Å²) in [6, 6.07) is 50.7. The van der Waals surface area contributed by atoms with E-state index in [4.69, 9.17) is 10.0 Å². The smallest absolute Gasteiger partial charge is 0.332 e. The molecule has 0 radical (unpaired) electrons. The molecular formula is C51H56N3O5+. The Kier molecular flexibility index (Phi) is 18.1. The maximum Gasteiger partial charge on any atom is 0.332 e. The molecule has 0 aliphatic carbocycles. The number of carbonyl (C=O) groups is 3. The molecular weight excluding hydrogens is 735 g/mol. The highest BCUT2D eigenvalue weighted by atomic mass is 16.7. The number of aryl methyl sites for hydroxylation is 6. The quantitative estimate of drug-likeness (QED) is 0.0350. The van der Waals surface area contributed by atoms with Gasteiger partial charge in [-0.1, -0.05) is 140 Å². The molecule has 6 aromatic rings. The summed E-state index contributed by atoms with van der Waals surface area (Å²) in [6.45, 7) is 0. The SMILES string of the molecule is C[n+]1cccc(CCC(=O)ONC(=O)Cc2ccc(CCCCc3ccccc3)cc2)c1.O=C(NO)C(c1ccccc1)c1ccc(CCCCc2ccccc2)cc1. The minimum atomic E-state index is -0.511. The molecule has 8 nitrogen and oxygen atoms in total. The molecule has 1 unspecified atom stereocenters. The van der Waals surface area contributed by atoms with Crippen molar-refractivity contribution in [2.24, 2.45) is 7.05 Å². The molecule has 8 heteroatoms. The van der Waals surface area contributed by atoms with Gasteiger partial charge in [0.15, 0.2) is 12.4 Å². The van der Waals surface area contributed by atoms with E-state index in [2.05, 4.69) is 78.3 Å². The molecule has 1 heterocycles. The Morgan fingerprint density at radius 2 is 0.983 bits per heavy atom. The second-order valence-electron chi connectivity index (χ2n) is 14.8. The number of pyridine rings is 1. The van der Waals surface area contributed by atoms with Gasteiger partial charge in [-0.3, -0.25) is 14.8 Å². The lowest BCUT2D eigenvalue weighted by Gasteiger charge is -2.16. The third-order valence-corrected chi connectivity index (χ3v) is 10.2. The zero-order valence-corrected chi connectivity index (χ0v) is 34.0. The van der Waals surface area contributed by atoms with Crippen molar-refractivity contribution >= 4 is 17.8 Å². The van der Waals surface area contributed by atoms with Crippen molar-refractivity contribution in [3.63, 3.8) is 0 Å². The summed E-state index contributed by atoms with van der Waals surface area (Å²) in [6.07, 6.45) is 13.7. The molecule has 0 bridgehead atoms. The minimum Gasteiger partial charge on any atom is -0.341 e. The van der Waals surface area contributed by atoms with Crippen LogP contribution < -0.4 is 15.5 Å². The largest absolute Gasteiger partial charge is 0.341 e. The van der Waals surface area contributed by atoms with Gasteiger partial charge in [-0.25, -0.2) is 14.8 Å². The number of unbranched alkanes of at least 4 members (excludes halogenated alkanes) is 2. The molecule has 59 heavy (non-hydrogen) atoms. The molecule has 1 atom stereocenters. The third kappa shape index (κ3) is 15.8. The summed E-state index contributed by atoms with van der Waals surface area (Å²) in [4.78, 5) is 41.0. The molecule has 0 saturated carbocycles. The maximum atomic E-state index is 12.2. The number of aromatic nitrogens is 1. The topological polar surface area (TPSA) is 109 Å². The van der Waals surface area contributed by atoms with Crippen LogP contribution in [-0.2, 0) is 64.8 Å². The van der Waals surface area contributed by atoms with Crippen molar-refractivity contribution in [1.29, 1.82) is 0 Å². The first-order valence-corrected chi connectivity index (χ1v) is 20.5. The zero-order chi connectivity index (χ0) is 41.5. The van der Waals surface area contributed by atoms with Crippen molar-refractivity contribution in [3.8, 4) is 0 Å². The molecule has 3 N–H and O–H groups in total. The highest BCUT2D eigenvalue weighted by Crippen LogP contribution is 2.25. The number of rotatable bonds is 18. The van der Waals surface area contributed by atoms with Gasteiger partial charge in [0.05, 0.1) is 18.8 Å². The molecule has 2 amide bonds. The maximum absolute atomic E-state index is 12.2. The van der Waals surface area contributed by atoms with Crippen LogP contribution in [0.1, 0.15) is 82.5 Å². The summed E-state index contributed by atoms with van der Waals surface area (Å²) < 4.78 is 1.93. The molecule has 1 aromatic heterocycles. The van der Waals surface area contributed by atoms with Gasteiger partial charge in [-0.2, -0.15) is 5.48 Å². The van der Waals surface area contributed by atoms with Gasteiger partial charge in [0.1, 0.15) is 7.05 Å². The molecule has 5 aromatic carbocycles. The van der Waals surface area contributed by atoms with Crippen LogP contribution in [0.15, 0.2) is 164 Å². The summed E-state index contributed by atoms with van der Waals surface area (Å²) in [5.41, 5.74) is 13.0. The Bertz CT molecular complexity index is 2140. The van der Waals surface area contributed by atoms with E-state index in [0.29, 0.717) is 6.42 Å². The van der Waals surface area contributed by atoms with Gasteiger partial charge in [0.2, 0.25) is 0 Å². The van der Waals surface area contributed by atoms with Crippen molar-refractivity contribution in [2.45, 2.75) is 76.5 Å². The van der Waals surface area contributed by atoms with Crippen LogP contribution in [-0.4, -0.2) is 23.0 Å². The summed E-state index contributed by atoms with van der Waals surface area (Å²) in [7, 11) is 1.93. The number of hydrogen-bond donors (Lipinski definition) is 3. The van der Waals surface area contributed by atoms with Crippen LogP contribution in [0.5, 0.6) is 0 Å². The fourth-order valence-corrected chi connectivity index (χ4v) is 6.94. The lowest BCUT2D eigenvalue weighted by atomic mass is 9.90. The zero-order valence-electron chi connectivity index (χ0n) is 34.0. The van der Waals surface area contributed by atoms with Gasteiger partial charge < -0.3 is 4.84 Å². The Labute approximate surface area is 348 Å². The number of hydroxylamine groups is 2. The standard InChI is InChI=1S/C27H30N2O3.C24H25NO2/c1-29-19-7-12-25(21-29)17-18-27(31)32-28-26(30)20-24-15-13-23(14-16-24)11-6-5-10-22-8-3-2-4-9-22;26-24(25-27)23(21-13-5-2-6-14-21)22-17-15-20(16-18-22)12-8-7-11-19-9-3-1-4-10-19/h2-4,7-9,12-16,19,21H,5-6,10-11,17-18,20H2,1H3;1-6,9-10,13-18,23,27H,7-8,11-12H2,(H,25,26)/p+1. The molecule has 6 rings (SSSR count). The van der Waals surface area contributed by atoms with E-state index in [1.807, 2.05) is 103 Å². The van der Waals surface area contributed by atoms with E-state index < -0.39 is 17.8 Å². The van der Waals surface area contributed by atoms with E-state index in [9.17, 15) is 14.4 Å². The second kappa shape index (κ2) is 24.4. The lowest BCUT2D eigenvalue weighted by molar-refractivity contribution is -0.671. The van der Waals surface area contributed by atoms with Gasteiger partial charge in [0.25, 0.3) is 11.8 Å². The van der Waals surface area contributed by atoms with Crippen LogP contribution >= 0.6 is 0 Å². The van der Waals surface area contributed by atoms with Gasteiger partial charge >= 0.3 is 5.97 Å². The predicted octanol–water partition coefficient (Wildman–Crippen LogP) is 8.72. The van der Waals surface area contributed by atoms with Gasteiger partial charge in [-0.15, -0.1) is 0 Å². The Morgan fingerprint density at radius 1 is 0.542 bits per heavy atom. The van der Waals surface area contributed by atoms with Crippen molar-refractivity contribution < 1.29 is 29.0 Å². The fourth-order valence-electron chi connectivity index (χ4n) is 6.94. The number of carbonyl (C=O) groups excluding carboxylic acids is 3. The highest BCUT2D eigenvalue weighted by Gasteiger charge is 2.22. The summed E-state index contributed by atoms with van der Waals surface area (Å²) in [5.74, 6) is -1.71. The van der Waals surface area contributed by atoms with Gasteiger partial charge in [0, 0.05) is 11.6 Å². The first kappa shape index (κ1) is 43.7. The number of benzene rings is 5. The van der Waals surface area contributed by atoms with Crippen molar-refractivity contribution in [2.75, 3.05) is 0 Å².